The number of piperidine rings is 1. The van der Waals surface area contributed by atoms with Crippen LogP contribution in [0.25, 0.3) is 0 Å². The van der Waals surface area contributed by atoms with Crippen molar-refractivity contribution in [1.29, 1.82) is 0 Å². The molecule has 1 aromatic rings. The number of thiazole rings is 1. The normalized spacial score (nSPS) is 15.5. The van der Waals surface area contributed by atoms with Gasteiger partial charge in [0.15, 0.2) is 11.1 Å². The monoisotopic (exact) mass is 508 g/mol. The SMILES string of the molecule is CCNC(=NCc1csc(N(C)C)n1)NC1CCN(C(=O)C(C)C)CC1.I. The van der Waals surface area contributed by atoms with E-state index < -0.39 is 0 Å². The van der Waals surface area contributed by atoms with Crippen LogP contribution in [-0.2, 0) is 11.3 Å². The van der Waals surface area contributed by atoms with Gasteiger partial charge in [0, 0.05) is 51.1 Å². The number of nitrogens with zero attached hydrogens (tertiary/aromatic N) is 4. The zero-order valence-corrected chi connectivity index (χ0v) is 20.1. The molecular weight excluding hydrogens is 475 g/mol. The molecule has 2 heterocycles. The first-order valence-electron chi connectivity index (χ1n) is 9.36. The van der Waals surface area contributed by atoms with Gasteiger partial charge in [0.1, 0.15) is 0 Å². The molecule has 0 saturated carbocycles. The molecule has 1 aliphatic heterocycles. The summed E-state index contributed by atoms with van der Waals surface area (Å²) in [5.41, 5.74) is 0.980. The molecule has 1 aliphatic rings. The molecule has 0 aliphatic carbocycles. The molecule has 0 bridgehead atoms. The van der Waals surface area contributed by atoms with Crippen LogP contribution in [0, 0.1) is 5.92 Å². The van der Waals surface area contributed by atoms with E-state index in [4.69, 9.17) is 0 Å². The van der Waals surface area contributed by atoms with E-state index in [1.54, 1.807) is 11.3 Å². The highest BCUT2D eigenvalue weighted by Crippen LogP contribution is 2.18. The highest BCUT2D eigenvalue weighted by molar-refractivity contribution is 14.0. The van der Waals surface area contributed by atoms with Crippen LogP contribution in [0.2, 0.25) is 0 Å². The van der Waals surface area contributed by atoms with Gasteiger partial charge in [-0.2, -0.15) is 0 Å². The van der Waals surface area contributed by atoms with Crippen molar-refractivity contribution in [1.82, 2.24) is 20.5 Å². The van der Waals surface area contributed by atoms with Gasteiger partial charge in [-0.25, -0.2) is 9.98 Å². The van der Waals surface area contributed by atoms with Crippen LogP contribution in [0.15, 0.2) is 10.4 Å². The minimum Gasteiger partial charge on any atom is -0.357 e. The highest BCUT2D eigenvalue weighted by atomic mass is 127. The first-order chi connectivity index (χ1) is 12.4. The molecule has 2 rings (SSSR count). The Hall–Kier alpha value is -1.10. The number of halogens is 1. The van der Waals surface area contributed by atoms with Crippen LogP contribution in [-0.4, -0.2) is 61.5 Å². The molecule has 0 aromatic carbocycles. The lowest BCUT2D eigenvalue weighted by atomic mass is 10.0. The third-order valence-corrected chi connectivity index (χ3v) is 5.36. The summed E-state index contributed by atoms with van der Waals surface area (Å²) in [4.78, 5) is 25.3. The van der Waals surface area contributed by atoms with Crippen molar-refractivity contribution < 1.29 is 4.79 Å². The number of rotatable bonds is 6. The van der Waals surface area contributed by atoms with E-state index in [1.165, 1.54) is 0 Å². The van der Waals surface area contributed by atoms with Crippen LogP contribution in [0.4, 0.5) is 5.13 Å². The minimum atomic E-state index is 0. The third kappa shape index (κ3) is 7.44. The molecular formula is C18H33IN6OS. The molecule has 154 valence electrons. The number of anilines is 1. The van der Waals surface area contributed by atoms with Gasteiger partial charge in [0.2, 0.25) is 5.91 Å². The number of nitrogens with one attached hydrogen (secondary N) is 2. The highest BCUT2D eigenvalue weighted by Gasteiger charge is 2.24. The van der Waals surface area contributed by atoms with E-state index in [-0.39, 0.29) is 35.8 Å². The summed E-state index contributed by atoms with van der Waals surface area (Å²) < 4.78 is 0. The summed E-state index contributed by atoms with van der Waals surface area (Å²) in [5.74, 6) is 1.15. The Kier molecular flexibility index (Phi) is 10.4. The summed E-state index contributed by atoms with van der Waals surface area (Å²) in [7, 11) is 3.99. The fourth-order valence-electron chi connectivity index (χ4n) is 2.86. The molecule has 27 heavy (non-hydrogen) atoms. The molecule has 1 amide bonds. The molecule has 0 atom stereocenters. The van der Waals surface area contributed by atoms with Gasteiger partial charge in [-0.3, -0.25) is 4.79 Å². The van der Waals surface area contributed by atoms with Crippen molar-refractivity contribution in [2.75, 3.05) is 38.6 Å². The lowest BCUT2D eigenvalue weighted by Gasteiger charge is -2.34. The number of hydrogen-bond acceptors (Lipinski definition) is 5. The summed E-state index contributed by atoms with van der Waals surface area (Å²) in [5, 5.41) is 9.87. The van der Waals surface area contributed by atoms with Crippen LogP contribution in [0.1, 0.15) is 39.3 Å². The number of likely N-dealkylation sites (tertiary alicyclic amines) is 1. The number of aromatic nitrogens is 1. The van der Waals surface area contributed by atoms with Crippen LogP contribution < -0.4 is 15.5 Å². The lowest BCUT2D eigenvalue weighted by Crippen LogP contribution is -2.50. The number of carbonyl (C=O) groups excluding carboxylic acids is 1. The van der Waals surface area contributed by atoms with Crippen molar-refractivity contribution in [3.05, 3.63) is 11.1 Å². The first kappa shape index (κ1) is 23.9. The molecule has 9 heteroatoms. The number of guanidine groups is 1. The van der Waals surface area contributed by atoms with Gasteiger partial charge in [0.05, 0.1) is 12.2 Å². The van der Waals surface area contributed by atoms with Crippen molar-refractivity contribution in [2.45, 2.75) is 46.2 Å². The summed E-state index contributed by atoms with van der Waals surface area (Å²) in [6.45, 7) is 8.99. The fourth-order valence-corrected chi connectivity index (χ4v) is 3.61. The lowest BCUT2D eigenvalue weighted by molar-refractivity contribution is -0.135. The van der Waals surface area contributed by atoms with Gasteiger partial charge < -0.3 is 20.4 Å². The Balaban J connectivity index is 0.00000364. The van der Waals surface area contributed by atoms with Crippen LogP contribution in [0.3, 0.4) is 0 Å². The van der Waals surface area contributed by atoms with E-state index in [0.717, 1.165) is 49.3 Å². The van der Waals surface area contributed by atoms with Gasteiger partial charge in [0.25, 0.3) is 0 Å². The van der Waals surface area contributed by atoms with Gasteiger partial charge in [-0.1, -0.05) is 13.8 Å². The third-order valence-electron chi connectivity index (χ3n) is 4.31. The summed E-state index contributed by atoms with van der Waals surface area (Å²) in [6, 6.07) is 0.344. The Bertz CT molecular complexity index is 611. The number of hydrogen-bond donors (Lipinski definition) is 2. The van der Waals surface area contributed by atoms with E-state index in [9.17, 15) is 4.79 Å². The van der Waals surface area contributed by atoms with E-state index >= 15 is 0 Å². The maximum Gasteiger partial charge on any atom is 0.225 e. The predicted molar refractivity (Wildman–Crippen MR) is 124 cm³/mol. The van der Waals surface area contributed by atoms with E-state index in [2.05, 4.69) is 32.9 Å². The van der Waals surface area contributed by atoms with E-state index in [0.29, 0.717) is 12.6 Å². The predicted octanol–water partition coefficient (Wildman–Crippen LogP) is 2.53. The number of amides is 1. The van der Waals surface area contributed by atoms with Gasteiger partial charge in [-0.05, 0) is 19.8 Å². The number of aliphatic imine (C=N–C) groups is 1. The first-order valence-corrected chi connectivity index (χ1v) is 10.2. The van der Waals surface area contributed by atoms with Crippen LogP contribution >= 0.6 is 35.3 Å². The van der Waals surface area contributed by atoms with Gasteiger partial charge >= 0.3 is 0 Å². The smallest absolute Gasteiger partial charge is 0.225 e. The average molecular weight is 508 g/mol. The topological polar surface area (TPSA) is 72.9 Å². The second kappa shape index (κ2) is 11.7. The Labute approximate surface area is 184 Å². The summed E-state index contributed by atoms with van der Waals surface area (Å²) >= 11 is 1.63. The number of carbonyl (C=O) groups is 1. The maximum atomic E-state index is 12.1. The second-order valence-electron chi connectivity index (χ2n) is 7.11. The zero-order valence-electron chi connectivity index (χ0n) is 17.0. The zero-order chi connectivity index (χ0) is 19.1. The van der Waals surface area contributed by atoms with Crippen LogP contribution in [0.5, 0.6) is 0 Å². The molecule has 0 unspecified atom stereocenters. The molecule has 0 spiro atoms. The van der Waals surface area contributed by atoms with E-state index in [1.807, 2.05) is 37.7 Å². The Morgan fingerprint density at radius 2 is 2.07 bits per heavy atom. The average Bonchev–Trinajstić information content (AvgIpc) is 3.09. The summed E-state index contributed by atoms with van der Waals surface area (Å²) in [6.07, 6.45) is 1.90. The van der Waals surface area contributed by atoms with Crippen molar-refractivity contribution >= 4 is 52.3 Å². The Morgan fingerprint density at radius 1 is 1.41 bits per heavy atom. The van der Waals surface area contributed by atoms with Crippen molar-refractivity contribution in [3.63, 3.8) is 0 Å². The largest absolute Gasteiger partial charge is 0.357 e. The standard InChI is InChI=1S/C18H32N6OS.HI/c1-6-19-17(20-11-15-12-26-18(22-15)23(4)5)21-14-7-9-24(10-8-14)16(25)13(2)3;/h12-14H,6-11H2,1-5H3,(H2,19,20,21);1H. The second-order valence-corrected chi connectivity index (χ2v) is 7.95. The van der Waals surface area contributed by atoms with Crippen molar-refractivity contribution in [3.8, 4) is 0 Å². The molecule has 0 radical (unpaired) electrons. The molecule has 1 saturated heterocycles. The molecule has 2 N–H and O–H groups in total. The molecule has 7 nitrogen and oxygen atoms in total. The molecule has 1 aromatic heterocycles. The molecule has 1 fully saturated rings. The van der Waals surface area contributed by atoms with Gasteiger partial charge in [-0.15, -0.1) is 35.3 Å². The minimum absolute atomic E-state index is 0. The Morgan fingerprint density at radius 3 is 2.59 bits per heavy atom. The van der Waals surface area contributed by atoms with Crippen molar-refractivity contribution in [2.24, 2.45) is 10.9 Å². The quantitative estimate of drug-likeness (QED) is 0.351. The maximum absolute atomic E-state index is 12.1. The fraction of sp³-hybridized carbons (Fsp3) is 0.722.